The molecule has 1 aliphatic heterocycles. The van der Waals surface area contributed by atoms with Crippen molar-refractivity contribution in [2.75, 3.05) is 0 Å². The smallest absolute Gasteiger partial charge is 0.123 e. The second kappa shape index (κ2) is 4.36. The molecule has 1 spiro atoms. The van der Waals surface area contributed by atoms with Gasteiger partial charge in [-0.05, 0) is 42.7 Å². The van der Waals surface area contributed by atoms with Gasteiger partial charge in [0.15, 0.2) is 0 Å². The molecular weight excluding hydrogens is 260 g/mol. The summed E-state index contributed by atoms with van der Waals surface area (Å²) in [6, 6.07) is 8.31. The van der Waals surface area contributed by atoms with E-state index < -0.39 is 8.07 Å². The van der Waals surface area contributed by atoms with Gasteiger partial charge >= 0.3 is 0 Å². The molecule has 110 valence electrons. The van der Waals surface area contributed by atoms with Crippen molar-refractivity contribution in [1.82, 2.24) is 0 Å². The van der Waals surface area contributed by atoms with Crippen LogP contribution in [0.25, 0.3) is 0 Å². The first kappa shape index (κ1) is 14.2. The van der Waals surface area contributed by atoms with Crippen molar-refractivity contribution in [3.05, 3.63) is 29.3 Å². The lowest BCUT2D eigenvalue weighted by atomic mass is 9.76. The van der Waals surface area contributed by atoms with E-state index in [1.54, 1.807) is 0 Å². The average Bonchev–Trinajstić information content (AvgIpc) is 3.04. The molecule has 0 aromatic heterocycles. The summed E-state index contributed by atoms with van der Waals surface area (Å²) in [5, 5.41) is 0. The largest absolute Gasteiger partial charge is 0.487 e. The lowest BCUT2D eigenvalue weighted by Crippen LogP contribution is -2.35. The maximum Gasteiger partial charge on any atom is 0.123 e. The van der Waals surface area contributed by atoms with Gasteiger partial charge in [0, 0.05) is 13.6 Å². The van der Waals surface area contributed by atoms with Crippen molar-refractivity contribution in [3.8, 4) is 5.75 Å². The van der Waals surface area contributed by atoms with Crippen LogP contribution in [0.4, 0.5) is 0 Å². The summed E-state index contributed by atoms with van der Waals surface area (Å²) < 4.78 is 6.28. The minimum Gasteiger partial charge on any atom is -0.487 e. The predicted octanol–water partition coefficient (Wildman–Crippen LogP) is 5.16. The fourth-order valence-corrected chi connectivity index (χ4v) is 4.50. The van der Waals surface area contributed by atoms with Crippen LogP contribution < -0.4 is 4.74 Å². The van der Waals surface area contributed by atoms with Gasteiger partial charge in [0.25, 0.3) is 0 Å². The number of fused-ring (bicyclic) bond motifs is 1. The molecule has 1 aromatic rings. The molecule has 1 fully saturated rings. The van der Waals surface area contributed by atoms with Crippen LogP contribution in [0.2, 0.25) is 25.7 Å². The zero-order chi connectivity index (χ0) is 14.6. The summed E-state index contributed by atoms with van der Waals surface area (Å²) in [4.78, 5) is 0. The monoisotopic (exact) mass is 288 g/mol. The molecule has 20 heavy (non-hydrogen) atoms. The minimum atomic E-state index is -0.955. The van der Waals surface area contributed by atoms with Crippen LogP contribution in [0.1, 0.15) is 44.2 Å². The first-order valence-electron chi connectivity index (χ1n) is 8.02. The first-order valence-corrected chi connectivity index (χ1v) is 11.7. The maximum absolute atomic E-state index is 6.28. The Kier molecular flexibility index (Phi) is 3.10. The van der Waals surface area contributed by atoms with E-state index >= 15 is 0 Å². The van der Waals surface area contributed by atoms with Crippen molar-refractivity contribution in [3.63, 3.8) is 0 Å². The summed E-state index contributed by atoms with van der Waals surface area (Å²) in [6.07, 6.45) is 4.90. The van der Waals surface area contributed by atoms with Crippen LogP contribution in [-0.4, -0.2) is 13.7 Å². The third-order valence-corrected chi connectivity index (χ3v) is 6.59. The molecule has 2 heteroatoms. The molecule has 0 atom stereocenters. The first-order chi connectivity index (χ1) is 9.19. The van der Waals surface area contributed by atoms with Gasteiger partial charge in [-0.15, -0.1) is 0 Å². The molecule has 0 saturated heterocycles. The lowest BCUT2D eigenvalue weighted by molar-refractivity contribution is 0.112. The van der Waals surface area contributed by atoms with Crippen LogP contribution in [0.3, 0.4) is 0 Å². The summed E-state index contributed by atoms with van der Waals surface area (Å²) in [5.74, 6) is 1.15. The Hall–Kier alpha value is -0.763. The van der Waals surface area contributed by atoms with E-state index in [-0.39, 0.29) is 11.0 Å². The SMILES string of the molecule is CC1(C)CC2(CC2)Oc2ccc(CC[Si](C)(C)C)cc21. The molecule has 0 radical (unpaired) electrons. The number of aryl methyl sites for hydroxylation is 1. The fraction of sp³-hybridized carbons (Fsp3) is 0.667. The Morgan fingerprint density at radius 3 is 2.45 bits per heavy atom. The molecule has 1 saturated carbocycles. The lowest BCUT2D eigenvalue weighted by Gasteiger charge is -2.38. The standard InChI is InChI=1S/C18H28OSi/c1-17(2)13-18(9-10-18)19-16-7-6-14(12-15(16)17)8-11-20(3,4)5/h6-7,12H,8-11,13H2,1-5H3. The van der Waals surface area contributed by atoms with Gasteiger partial charge < -0.3 is 4.74 Å². The van der Waals surface area contributed by atoms with Gasteiger partial charge in [-0.3, -0.25) is 0 Å². The highest BCUT2D eigenvalue weighted by molar-refractivity contribution is 6.76. The van der Waals surface area contributed by atoms with Crippen LogP contribution in [0.15, 0.2) is 18.2 Å². The summed E-state index contributed by atoms with van der Waals surface area (Å²) in [6.45, 7) is 12.1. The van der Waals surface area contributed by atoms with Gasteiger partial charge in [-0.25, -0.2) is 0 Å². The van der Waals surface area contributed by atoms with Gasteiger partial charge in [0.1, 0.15) is 11.4 Å². The highest BCUT2D eigenvalue weighted by Crippen LogP contribution is 2.54. The van der Waals surface area contributed by atoms with E-state index in [9.17, 15) is 0 Å². The molecule has 1 aliphatic carbocycles. The van der Waals surface area contributed by atoms with Crippen molar-refractivity contribution in [2.24, 2.45) is 0 Å². The Balaban J connectivity index is 1.85. The summed E-state index contributed by atoms with van der Waals surface area (Å²) >= 11 is 0. The van der Waals surface area contributed by atoms with Crippen LogP contribution in [-0.2, 0) is 11.8 Å². The predicted molar refractivity (Wildman–Crippen MR) is 88.5 cm³/mol. The molecular formula is C18H28OSi. The molecule has 0 bridgehead atoms. The van der Waals surface area contributed by atoms with E-state index in [0.29, 0.717) is 0 Å². The third-order valence-electron chi connectivity index (χ3n) is 4.84. The highest BCUT2D eigenvalue weighted by atomic mass is 28.3. The zero-order valence-corrected chi connectivity index (χ0v) is 14.7. The number of benzene rings is 1. The Morgan fingerprint density at radius 1 is 1.15 bits per heavy atom. The van der Waals surface area contributed by atoms with E-state index in [1.165, 1.54) is 42.9 Å². The number of hydrogen-bond donors (Lipinski definition) is 0. The second-order valence-electron chi connectivity index (χ2n) is 8.74. The molecule has 0 unspecified atom stereocenters. The van der Waals surface area contributed by atoms with Gasteiger partial charge in [0.05, 0.1) is 0 Å². The Morgan fingerprint density at radius 2 is 1.85 bits per heavy atom. The van der Waals surface area contributed by atoms with Crippen molar-refractivity contribution >= 4 is 8.07 Å². The number of rotatable bonds is 3. The fourth-order valence-electron chi connectivity index (χ4n) is 3.46. The normalized spacial score (nSPS) is 22.2. The second-order valence-corrected chi connectivity index (χ2v) is 14.4. The van der Waals surface area contributed by atoms with Crippen molar-refractivity contribution in [1.29, 1.82) is 0 Å². The molecule has 1 nitrogen and oxygen atoms in total. The van der Waals surface area contributed by atoms with Crippen molar-refractivity contribution < 1.29 is 4.74 Å². The van der Waals surface area contributed by atoms with Crippen LogP contribution >= 0.6 is 0 Å². The zero-order valence-electron chi connectivity index (χ0n) is 13.7. The van der Waals surface area contributed by atoms with Gasteiger partial charge in [-0.2, -0.15) is 0 Å². The third kappa shape index (κ3) is 2.81. The summed E-state index contributed by atoms with van der Waals surface area (Å²) in [7, 11) is -0.955. The number of ether oxygens (including phenoxy) is 1. The van der Waals surface area contributed by atoms with E-state index in [4.69, 9.17) is 4.74 Å². The maximum atomic E-state index is 6.28. The quantitative estimate of drug-likeness (QED) is 0.698. The van der Waals surface area contributed by atoms with E-state index in [2.05, 4.69) is 51.7 Å². The van der Waals surface area contributed by atoms with Crippen molar-refractivity contribution in [2.45, 2.75) is 76.2 Å². The van der Waals surface area contributed by atoms with E-state index in [1.807, 2.05) is 0 Å². The molecule has 1 aromatic carbocycles. The topological polar surface area (TPSA) is 9.23 Å². The Labute approximate surface area is 124 Å². The molecule has 3 rings (SSSR count). The molecule has 1 heterocycles. The molecule has 0 amide bonds. The molecule has 2 aliphatic rings. The molecule has 0 N–H and O–H groups in total. The minimum absolute atomic E-state index is 0.191. The van der Waals surface area contributed by atoms with Crippen LogP contribution in [0, 0.1) is 0 Å². The van der Waals surface area contributed by atoms with E-state index in [0.717, 1.165) is 5.75 Å². The Bertz CT molecular complexity index is 521. The highest BCUT2D eigenvalue weighted by Gasteiger charge is 2.52. The summed E-state index contributed by atoms with van der Waals surface area (Å²) in [5.41, 5.74) is 3.38. The number of hydrogen-bond acceptors (Lipinski definition) is 1. The van der Waals surface area contributed by atoms with Gasteiger partial charge in [0.2, 0.25) is 0 Å². The average molecular weight is 289 g/mol. The van der Waals surface area contributed by atoms with Crippen LogP contribution in [0.5, 0.6) is 5.75 Å². The van der Waals surface area contributed by atoms with Gasteiger partial charge in [-0.1, -0.05) is 51.7 Å².